The van der Waals surface area contributed by atoms with Crippen LogP contribution in [0, 0.1) is 0 Å². The minimum absolute atomic E-state index is 0.0626. The molecule has 0 saturated heterocycles. The minimum atomic E-state index is -0.967. The second kappa shape index (κ2) is 9.17. The highest BCUT2D eigenvalue weighted by molar-refractivity contribution is 5.99. The van der Waals surface area contributed by atoms with Crippen LogP contribution < -0.4 is 10.1 Å². The molecule has 3 rings (SSSR count). The summed E-state index contributed by atoms with van der Waals surface area (Å²) in [5.41, 5.74) is 1.38. The van der Waals surface area contributed by atoms with Crippen LogP contribution >= 0.6 is 0 Å². The number of nitrogens with one attached hydrogen (secondary N) is 1. The van der Waals surface area contributed by atoms with E-state index in [1.54, 1.807) is 62.6 Å². The van der Waals surface area contributed by atoms with Gasteiger partial charge in [-0.1, -0.05) is 12.1 Å². The van der Waals surface area contributed by atoms with Crippen LogP contribution in [-0.2, 0) is 14.3 Å². The Hall–Kier alpha value is -3.74. The number of aromatic hydroxyl groups is 1. The molecule has 3 aromatic carbocycles. The van der Waals surface area contributed by atoms with Crippen molar-refractivity contribution in [3.05, 3.63) is 65.7 Å². The van der Waals surface area contributed by atoms with Gasteiger partial charge in [-0.3, -0.25) is 0 Å². The number of carbonyl (C=O) groups excluding carboxylic acids is 2. The normalized spacial score (nSPS) is 11.6. The lowest BCUT2D eigenvalue weighted by Gasteiger charge is -2.22. The molecule has 0 bridgehead atoms. The molecule has 0 spiro atoms. The molecule has 0 heterocycles. The van der Waals surface area contributed by atoms with Crippen LogP contribution in [0.15, 0.2) is 54.6 Å². The number of phenols is 1. The van der Waals surface area contributed by atoms with Crippen molar-refractivity contribution in [3.63, 3.8) is 0 Å². The lowest BCUT2D eigenvalue weighted by Crippen LogP contribution is -2.24. The van der Waals surface area contributed by atoms with E-state index in [2.05, 4.69) is 5.32 Å². The van der Waals surface area contributed by atoms with Gasteiger partial charge < -0.3 is 24.6 Å². The number of methoxy groups -OCH3 is 2. The Morgan fingerprint density at radius 2 is 1.77 bits per heavy atom. The molecule has 30 heavy (non-hydrogen) atoms. The van der Waals surface area contributed by atoms with Crippen molar-refractivity contribution in [3.8, 4) is 11.5 Å². The first-order valence-electron chi connectivity index (χ1n) is 9.39. The standard InChI is InChI=1S/C23H23NO6/c1-4-30-23(27)21(24-16-7-9-17(28-2)10-8-16)20-18-11-5-15(22(26)29-3)13-14(18)6-12-19(20)25/h5-13,21,24-25H,4H2,1-3H3. The van der Waals surface area contributed by atoms with Crippen molar-refractivity contribution in [2.24, 2.45) is 0 Å². The van der Waals surface area contributed by atoms with Crippen molar-refractivity contribution >= 4 is 28.4 Å². The first kappa shape index (κ1) is 21.0. The fraction of sp³-hybridized carbons (Fsp3) is 0.217. The Morgan fingerprint density at radius 1 is 1.03 bits per heavy atom. The highest BCUT2D eigenvalue weighted by atomic mass is 16.5. The van der Waals surface area contributed by atoms with Crippen molar-refractivity contribution in [1.82, 2.24) is 0 Å². The van der Waals surface area contributed by atoms with Gasteiger partial charge in [0, 0.05) is 11.3 Å². The number of hydrogen-bond acceptors (Lipinski definition) is 7. The summed E-state index contributed by atoms with van der Waals surface area (Å²) in [6.07, 6.45) is 0. The van der Waals surface area contributed by atoms with E-state index in [-0.39, 0.29) is 12.4 Å². The Labute approximate surface area is 174 Å². The Balaban J connectivity index is 2.10. The molecule has 0 saturated carbocycles. The molecule has 0 amide bonds. The second-order valence-corrected chi connectivity index (χ2v) is 6.48. The summed E-state index contributed by atoms with van der Waals surface area (Å²) in [6.45, 7) is 1.91. The summed E-state index contributed by atoms with van der Waals surface area (Å²) in [6, 6.07) is 14.2. The molecule has 0 aliphatic carbocycles. The highest BCUT2D eigenvalue weighted by Crippen LogP contribution is 2.36. The number of carbonyl (C=O) groups is 2. The Kier molecular flexibility index (Phi) is 6.41. The Morgan fingerprint density at radius 3 is 2.40 bits per heavy atom. The number of benzene rings is 3. The molecule has 7 nitrogen and oxygen atoms in total. The number of phenolic OH excluding ortho intramolecular Hbond substituents is 1. The van der Waals surface area contributed by atoms with E-state index in [1.165, 1.54) is 13.2 Å². The van der Waals surface area contributed by atoms with Gasteiger partial charge in [-0.15, -0.1) is 0 Å². The fourth-order valence-electron chi connectivity index (χ4n) is 3.22. The first-order chi connectivity index (χ1) is 14.5. The van der Waals surface area contributed by atoms with E-state index in [1.807, 2.05) is 0 Å². The molecule has 7 heteroatoms. The van der Waals surface area contributed by atoms with E-state index in [4.69, 9.17) is 14.2 Å². The number of fused-ring (bicyclic) bond motifs is 1. The maximum absolute atomic E-state index is 12.8. The van der Waals surface area contributed by atoms with Gasteiger partial charge in [-0.25, -0.2) is 9.59 Å². The third kappa shape index (κ3) is 4.30. The van der Waals surface area contributed by atoms with E-state index >= 15 is 0 Å². The van der Waals surface area contributed by atoms with Crippen LogP contribution in [0.25, 0.3) is 10.8 Å². The van der Waals surface area contributed by atoms with Crippen molar-refractivity contribution in [2.75, 3.05) is 26.1 Å². The lowest BCUT2D eigenvalue weighted by atomic mass is 9.95. The van der Waals surface area contributed by atoms with Gasteiger partial charge in [-0.05, 0) is 60.2 Å². The fourth-order valence-corrected chi connectivity index (χ4v) is 3.22. The minimum Gasteiger partial charge on any atom is -0.508 e. The maximum Gasteiger partial charge on any atom is 0.337 e. The van der Waals surface area contributed by atoms with Crippen molar-refractivity contribution in [2.45, 2.75) is 13.0 Å². The molecule has 0 aliphatic rings. The summed E-state index contributed by atoms with van der Waals surface area (Å²) in [5, 5.41) is 15.0. The zero-order valence-corrected chi connectivity index (χ0v) is 17.0. The van der Waals surface area contributed by atoms with Crippen molar-refractivity contribution < 1.29 is 28.9 Å². The zero-order valence-electron chi connectivity index (χ0n) is 17.0. The molecule has 0 aliphatic heterocycles. The quantitative estimate of drug-likeness (QED) is 0.569. The van der Waals surface area contributed by atoms with E-state index in [0.717, 1.165) is 0 Å². The predicted molar refractivity (Wildman–Crippen MR) is 113 cm³/mol. The van der Waals surface area contributed by atoms with Crippen LogP contribution in [-0.4, -0.2) is 37.9 Å². The molecule has 0 aromatic heterocycles. The molecule has 1 atom stereocenters. The Bertz CT molecular complexity index is 1060. The smallest absolute Gasteiger partial charge is 0.337 e. The predicted octanol–water partition coefficient (Wildman–Crippen LogP) is 4.06. The van der Waals surface area contributed by atoms with Crippen LogP contribution in [0.5, 0.6) is 11.5 Å². The topological polar surface area (TPSA) is 94.1 Å². The number of esters is 2. The van der Waals surface area contributed by atoms with Crippen LogP contribution in [0.2, 0.25) is 0 Å². The zero-order chi connectivity index (χ0) is 21.7. The van der Waals surface area contributed by atoms with Crippen LogP contribution in [0.3, 0.4) is 0 Å². The summed E-state index contributed by atoms with van der Waals surface area (Å²) in [4.78, 5) is 24.7. The van der Waals surface area contributed by atoms with E-state index in [0.29, 0.717) is 33.3 Å². The van der Waals surface area contributed by atoms with Crippen LogP contribution in [0.1, 0.15) is 28.9 Å². The number of rotatable bonds is 7. The third-order valence-corrected chi connectivity index (χ3v) is 4.67. The summed E-state index contributed by atoms with van der Waals surface area (Å²) >= 11 is 0. The number of hydrogen-bond donors (Lipinski definition) is 2. The molecular formula is C23H23NO6. The van der Waals surface area contributed by atoms with Gasteiger partial charge in [0.1, 0.15) is 11.5 Å². The average molecular weight is 409 g/mol. The maximum atomic E-state index is 12.8. The summed E-state index contributed by atoms with van der Waals surface area (Å²) in [7, 11) is 2.88. The number of ether oxygens (including phenoxy) is 3. The molecular weight excluding hydrogens is 386 g/mol. The molecule has 3 aromatic rings. The molecule has 0 fully saturated rings. The molecule has 0 radical (unpaired) electrons. The van der Waals surface area contributed by atoms with E-state index in [9.17, 15) is 14.7 Å². The largest absolute Gasteiger partial charge is 0.508 e. The molecule has 2 N–H and O–H groups in total. The van der Waals surface area contributed by atoms with Gasteiger partial charge in [0.15, 0.2) is 6.04 Å². The highest BCUT2D eigenvalue weighted by Gasteiger charge is 2.27. The van der Waals surface area contributed by atoms with Gasteiger partial charge in [0.2, 0.25) is 0 Å². The van der Waals surface area contributed by atoms with Crippen molar-refractivity contribution in [1.29, 1.82) is 0 Å². The molecule has 1 unspecified atom stereocenters. The van der Waals surface area contributed by atoms with Gasteiger partial charge in [-0.2, -0.15) is 0 Å². The van der Waals surface area contributed by atoms with Gasteiger partial charge in [0.25, 0.3) is 0 Å². The SMILES string of the molecule is CCOC(=O)C(Nc1ccc(OC)cc1)c1c(O)ccc2cc(C(=O)OC)ccc12. The summed E-state index contributed by atoms with van der Waals surface area (Å²) in [5.74, 6) is -0.387. The van der Waals surface area contributed by atoms with Gasteiger partial charge in [0.05, 0.1) is 26.4 Å². The number of anilines is 1. The van der Waals surface area contributed by atoms with Gasteiger partial charge >= 0.3 is 11.9 Å². The monoisotopic (exact) mass is 409 g/mol. The summed E-state index contributed by atoms with van der Waals surface area (Å²) < 4.78 is 15.2. The average Bonchev–Trinajstić information content (AvgIpc) is 2.77. The van der Waals surface area contributed by atoms with Crippen LogP contribution in [0.4, 0.5) is 5.69 Å². The third-order valence-electron chi connectivity index (χ3n) is 4.67. The van der Waals surface area contributed by atoms with E-state index < -0.39 is 18.0 Å². The molecule has 156 valence electrons. The first-order valence-corrected chi connectivity index (χ1v) is 9.39. The lowest BCUT2D eigenvalue weighted by molar-refractivity contribution is -0.144. The second-order valence-electron chi connectivity index (χ2n) is 6.48.